The van der Waals surface area contributed by atoms with E-state index in [0.717, 1.165) is 35.4 Å². The van der Waals surface area contributed by atoms with Crippen LogP contribution in [0, 0.1) is 0 Å². The molecule has 1 amide bonds. The van der Waals surface area contributed by atoms with Crippen molar-refractivity contribution in [3.8, 4) is 17.0 Å². The number of benzene rings is 2. The fourth-order valence-electron chi connectivity index (χ4n) is 4.25. The third kappa shape index (κ3) is 2.99. The summed E-state index contributed by atoms with van der Waals surface area (Å²) in [7, 11) is 1.69. The number of carbonyl (C=O) groups is 1. The summed E-state index contributed by atoms with van der Waals surface area (Å²) in [6.07, 6.45) is 2.44. The van der Waals surface area contributed by atoms with Crippen molar-refractivity contribution in [3.63, 3.8) is 0 Å². The summed E-state index contributed by atoms with van der Waals surface area (Å²) in [6.45, 7) is 4.29. The molecule has 4 nitrogen and oxygen atoms in total. The topological polar surface area (TPSA) is 45.3 Å². The van der Waals surface area contributed by atoms with Gasteiger partial charge in [-0.05, 0) is 38.0 Å². The fraction of sp³-hybridized carbons (Fsp3) is 0.348. The lowest BCUT2D eigenvalue weighted by molar-refractivity contribution is -0.131. The predicted octanol–water partition coefficient (Wildman–Crippen LogP) is 5.31. The molecule has 0 saturated carbocycles. The highest BCUT2D eigenvalue weighted by atomic mass is 16.5. The van der Waals surface area contributed by atoms with Crippen LogP contribution in [0.2, 0.25) is 0 Å². The zero-order valence-electron chi connectivity index (χ0n) is 16.2. The first-order valence-corrected chi connectivity index (χ1v) is 9.70. The van der Waals surface area contributed by atoms with Crippen LogP contribution in [-0.2, 0) is 4.79 Å². The molecular weight excluding hydrogens is 336 g/mol. The van der Waals surface area contributed by atoms with Crippen LogP contribution in [0.4, 0.5) is 0 Å². The predicted molar refractivity (Wildman–Crippen MR) is 109 cm³/mol. The quantitative estimate of drug-likeness (QED) is 0.669. The van der Waals surface area contributed by atoms with E-state index in [1.165, 1.54) is 10.9 Å². The molecule has 0 aliphatic carbocycles. The molecule has 1 N–H and O–H groups in total. The SMILES string of the molecule is CC[C@@H](C)N1C(=O)CC[C@@H]1c1c(-c2cccc(OC)c2)[nH]c2ccccc12. The van der Waals surface area contributed by atoms with Gasteiger partial charge in [0.25, 0.3) is 0 Å². The van der Waals surface area contributed by atoms with Crippen molar-refractivity contribution in [2.24, 2.45) is 0 Å². The molecule has 3 aromatic rings. The molecule has 2 heterocycles. The number of likely N-dealkylation sites (tertiary alicyclic amines) is 1. The summed E-state index contributed by atoms with van der Waals surface area (Å²) in [5, 5.41) is 1.20. The lowest BCUT2D eigenvalue weighted by Gasteiger charge is -2.31. The number of hydrogen-bond donors (Lipinski definition) is 1. The van der Waals surface area contributed by atoms with E-state index in [9.17, 15) is 4.79 Å². The Bertz CT molecular complexity index is 975. The summed E-state index contributed by atoms with van der Waals surface area (Å²) in [6, 6.07) is 16.8. The number of carbonyl (C=O) groups excluding carboxylic acids is 1. The second-order valence-electron chi connectivity index (χ2n) is 7.30. The number of ether oxygens (including phenoxy) is 1. The number of fused-ring (bicyclic) bond motifs is 1. The average molecular weight is 362 g/mol. The van der Waals surface area contributed by atoms with Crippen LogP contribution in [-0.4, -0.2) is 28.9 Å². The number of aromatic amines is 1. The van der Waals surface area contributed by atoms with Gasteiger partial charge in [-0.2, -0.15) is 0 Å². The smallest absolute Gasteiger partial charge is 0.223 e. The van der Waals surface area contributed by atoms with Crippen LogP contribution in [0.5, 0.6) is 5.75 Å². The Labute approximate surface area is 160 Å². The standard InChI is InChI=1S/C23H26N2O2/c1-4-15(2)25-20(12-13-21(25)26)22-18-10-5-6-11-19(18)24-23(22)16-8-7-9-17(14-16)27-3/h5-11,14-15,20,24H,4,12-13H2,1-3H3/t15-,20-/m1/s1. The molecule has 1 aliphatic rings. The monoisotopic (exact) mass is 362 g/mol. The van der Waals surface area contributed by atoms with E-state index in [2.05, 4.69) is 54.1 Å². The maximum atomic E-state index is 12.7. The minimum absolute atomic E-state index is 0.102. The first-order valence-electron chi connectivity index (χ1n) is 9.70. The van der Waals surface area contributed by atoms with E-state index in [1.807, 2.05) is 18.2 Å². The van der Waals surface area contributed by atoms with Gasteiger partial charge in [0.2, 0.25) is 5.91 Å². The number of methoxy groups -OCH3 is 1. The third-order valence-corrected chi connectivity index (χ3v) is 5.76. The van der Waals surface area contributed by atoms with Crippen molar-refractivity contribution in [2.45, 2.75) is 45.2 Å². The molecule has 2 aromatic carbocycles. The number of amides is 1. The zero-order valence-corrected chi connectivity index (χ0v) is 16.2. The molecule has 27 heavy (non-hydrogen) atoms. The van der Waals surface area contributed by atoms with Gasteiger partial charge in [-0.25, -0.2) is 0 Å². The van der Waals surface area contributed by atoms with Gasteiger partial charge in [0.15, 0.2) is 0 Å². The van der Waals surface area contributed by atoms with Crippen molar-refractivity contribution < 1.29 is 9.53 Å². The Kier molecular flexibility index (Phi) is 4.65. The molecule has 0 radical (unpaired) electrons. The lowest BCUT2D eigenvalue weighted by atomic mass is 9.96. The van der Waals surface area contributed by atoms with Gasteiger partial charge in [0.05, 0.1) is 18.8 Å². The molecule has 0 spiro atoms. The molecule has 0 bridgehead atoms. The average Bonchev–Trinajstić information content (AvgIpc) is 3.27. The molecule has 140 valence electrons. The van der Waals surface area contributed by atoms with Gasteiger partial charge in [-0.15, -0.1) is 0 Å². The molecule has 0 unspecified atom stereocenters. The number of nitrogens with zero attached hydrogens (tertiary/aromatic N) is 1. The molecule has 1 saturated heterocycles. The van der Waals surface area contributed by atoms with E-state index in [1.54, 1.807) is 7.11 Å². The van der Waals surface area contributed by atoms with Gasteiger partial charge in [-0.1, -0.05) is 37.3 Å². The molecule has 1 aromatic heterocycles. The zero-order chi connectivity index (χ0) is 19.0. The summed E-state index contributed by atoms with van der Waals surface area (Å²) in [4.78, 5) is 18.4. The number of H-pyrrole nitrogens is 1. The number of nitrogens with one attached hydrogen (secondary N) is 1. The van der Waals surface area contributed by atoms with Crippen LogP contribution in [0.15, 0.2) is 48.5 Å². The maximum Gasteiger partial charge on any atom is 0.223 e. The van der Waals surface area contributed by atoms with Crippen LogP contribution < -0.4 is 4.74 Å². The van der Waals surface area contributed by atoms with Crippen molar-refractivity contribution in [3.05, 3.63) is 54.1 Å². The number of aromatic nitrogens is 1. The minimum atomic E-state index is 0.102. The van der Waals surface area contributed by atoms with Crippen LogP contribution in [0.3, 0.4) is 0 Å². The Morgan fingerprint density at radius 3 is 2.81 bits per heavy atom. The molecular formula is C23H26N2O2. The first-order chi connectivity index (χ1) is 13.1. The highest BCUT2D eigenvalue weighted by Crippen LogP contribution is 2.43. The molecule has 1 fully saturated rings. The number of para-hydroxylation sites is 1. The van der Waals surface area contributed by atoms with Crippen molar-refractivity contribution in [2.75, 3.05) is 7.11 Å². The van der Waals surface area contributed by atoms with Gasteiger partial charge < -0.3 is 14.6 Å². The van der Waals surface area contributed by atoms with Crippen molar-refractivity contribution in [1.29, 1.82) is 0 Å². The Morgan fingerprint density at radius 2 is 2.04 bits per heavy atom. The molecule has 2 atom stereocenters. The Hall–Kier alpha value is -2.75. The Balaban J connectivity index is 1.92. The lowest BCUT2D eigenvalue weighted by Crippen LogP contribution is -2.35. The summed E-state index contributed by atoms with van der Waals surface area (Å²) < 4.78 is 5.43. The largest absolute Gasteiger partial charge is 0.497 e. The van der Waals surface area contributed by atoms with Crippen molar-refractivity contribution in [1.82, 2.24) is 9.88 Å². The molecule has 4 rings (SSSR count). The van der Waals surface area contributed by atoms with Gasteiger partial charge in [-0.3, -0.25) is 4.79 Å². The normalized spacial score (nSPS) is 18.3. The van der Waals surface area contributed by atoms with E-state index in [0.29, 0.717) is 6.42 Å². The first kappa shape index (κ1) is 17.7. The molecule has 4 heteroatoms. The highest BCUT2D eigenvalue weighted by Gasteiger charge is 2.37. The van der Waals surface area contributed by atoms with Crippen LogP contribution in [0.1, 0.15) is 44.7 Å². The molecule has 1 aliphatic heterocycles. The maximum absolute atomic E-state index is 12.7. The van der Waals surface area contributed by atoms with E-state index < -0.39 is 0 Å². The van der Waals surface area contributed by atoms with E-state index in [-0.39, 0.29) is 18.0 Å². The Morgan fingerprint density at radius 1 is 1.22 bits per heavy atom. The van der Waals surface area contributed by atoms with Crippen LogP contribution >= 0.6 is 0 Å². The van der Waals surface area contributed by atoms with E-state index in [4.69, 9.17) is 4.74 Å². The van der Waals surface area contributed by atoms with Gasteiger partial charge in [0, 0.05) is 34.5 Å². The number of hydrogen-bond acceptors (Lipinski definition) is 2. The van der Waals surface area contributed by atoms with Gasteiger partial charge >= 0.3 is 0 Å². The van der Waals surface area contributed by atoms with Gasteiger partial charge in [0.1, 0.15) is 5.75 Å². The summed E-state index contributed by atoms with van der Waals surface area (Å²) in [5.74, 6) is 1.09. The third-order valence-electron chi connectivity index (χ3n) is 5.76. The highest BCUT2D eigenvalue weighted by molar-refractivity contribution is 5.93. The second kappa shape index (κ2) is 7.10. The van der Waals surface area contributed by atoms with E-state index >= 15 is 0 Å². The fourth-order valence-corrected chi connectivity index (χ4v) is 4.25. The summed E-state index contributed by atoms with van der Waals surface area (Å²) in [5.41, 5.74) is 4.51. The number of rotatable bonds is 5. The summed E-state index contributed by atoms with van der Waals surface area (Å²) >= 11 is 0. The second-order valence-corrected chi connectivity index (χ2v) is 7.30. The van der Waals surface area contributed by atoms with Crippen LogP contribution in [0.25, 0.3) is 22.2 Å². The van der Waals surface area contributed by atoms with Crippen molar-refractivity contribution >= 4 is 16.8 Å². The minimum Gasteiger partial charge on any atom is -0.497 e.